The third kappa shape index (κ3) is 4.15. The van der Waals surface area contributed by atoms with Crippen molar-refractivity contribution in [3.05, 3.63) is 47.0 Å². The van der Waals surface area contributed by atoms with Gasteiger partial charge in [0.2, 0.25) is 0 Å². The van der Waals surface area contributed by atoms with E-state index in [9.17, 15) is 9.50 Å². The number of fused-ring (bicyclic) bond motifs is 1. The third-order valence-electron chi connectivity index (χ3n) is 4.66. The molecular formula is C19H26FN5O. The summed E-state index contributed by atoms with van der Waals surface area (Å²) in [6.07, 6.45) is 5.04. The van der Waals surface area contributed by atoms with Crippen LogP contribution in [-0.4, -0.2) is 33.9 Å². The number of halogens is 1. The Morgan fingerprint density at radius 3 is 2.96 bits per heavy atom. The largest absolute Gasteiger partial charge is 0.505 e. The van der Waals surface area contributed by atoms with Crippen LogP contribution in [0.4, 0.5) is 4.39 Å². The molecule has 0 fully saturated rings. The Balaban J connectivity index is 1.57. The summed E-state index contributed by atoms with van der Waals surface area (Å²) >= 11 is 0. The van der Waals surface area contributed by atoms with Gasteiger partial charge in [0.25, 0.3) is 0 Å². The summed E-state index contributed by atoms with van der Waals surface area (Å²) in [5, 5.41) is 20.6. The molecule has 0 spiro atoms. The van der Waals surface area contributed by atoms with Gasteiger partial charge in [0.1, 0.15) is 0 Å². The fraction of sp³-hybridized carbons (Fsp3) is 0.474. The van der Waals surface area contributed by atoms with Gasteiger partial charge in [-0.1, -0.05) is 6.07 Å². The molecule has 26 heavy (non-hydrogen) atoms. The van der Waals surface area contributed by atoms with Crippen LogP contribution in [0.2, 0.25) is 0 Å². The second-order valence-electron chi connectivity index (χ2n) is 6.97. The molecule has 0 aliphatic heterocycles. The monoisotopic (exact) mass is 359 g/mol. The summed E-state index contributed by atoms with van der Waals surface area (Å²) in [5.74, 6) is -0.280. The smallest absolute Gasteiger partial charge is 0.191 e. The molecular weight excluding hydrogens is 333 g/mol. The number of hydrogen-bond acceptors (Lipinski definition) is 3. The molecule has 0 saturated carbocycles. The molecule has 1 aliphatic rings. The first-order valence-corrected chi connectivity index (χ1v) is 8.97. The second kappa shape index (κ2) is 7.76. The normalized spacial score (nSPS) is 17.3. The van der Waals surface area contributed by atoms with Crippen LogP contribution in [0.5, 0.6) is 5.75 Å². The number of hydrogen-bond donors (Lipinski definition) is 3. The van der Waals surface area contributed by atoms with Gasteiger partial charge >= 0.3 is 0 Å². The van der Waals surface area contributed by atoms with Gasteiger partial charge in [0, 0.05) is 38.3 Å². The topological polar surface area (TPSA) is 74.5 Å². The molecule has 0 saturated heterocycles. The van der Waals surface area contributed by atoms with E-state index in [4.69, 9.17) is 5.10 Å². The van der Waals surface area contributed by atoms with Crippen LogP contribution in [-0.2, 0) is 19.4 Å². The van der Waals surface area contributed by atoms with Crippen LogP contribution in [0.1, 0.15) is 43.1 Å². The molecule has 1 aromatic heterocycles. The molecule has 0 bridgehead atoms. The Hall–Kier alpha value is -2.57. The van der Waals surface area contributed by atoms with E-state index in [0.29, 0.717) is 18.5 Å². The zero-order valence-corrected chi connectivity index (χ0v) is 15.5. The van der Waals surface area contributed by atoms with Gasteiger partial charge in [-0.15, -0.1) is 0 Å². The van der Waals surface area contributed by atoms with E-state index in [2.05, 4.69) is 35.7 Å². The van der Waals surface area contributed by atoms with E-state index < -0.39 is 5.82 Å². The lowest BCUT2D eigenvalue weighted by atomic mass is 9.94. The molecule has 1 aromatic carbocycles. The molecule has 1 atom stereocenters. The Kier molecular flexibility index (Phi) is 5.44. The second-order valence-corrected chi connectivity index (χ2v) is 6.97. The molecule has 3 rings (SSSR count). The maximum Gasteiger partial charge on any atom is 0.191 e. The summed E-state index contributed by atoms with van der Waals surface area (Å²) in [5.41, 5.74) is 3.22. The highest BCUT2D eigenvalue weighted by atomic mass is 19.1. The molecule has 140 valence electrons. The van der Waals surface area contributed by atoms with Crippen LogP contribution in [0.25, 0.3) is 0 Å². The van der Waals surface area contributed by atoms with E-state index in [-0.39, 0.29) is 11.8 Å². The van der Waals surface area contributed by atoms with Gasteiger partial charge in [0.05, 0.1) is 5.69 Å². The standard InChI is InChI=1S/C19H26FN5O/c1-12(2)25-11-14-5-6-15(9-17(14)24-25)23-19(21-3)22-10-13-4-7-18(26)16(20)8-13/h4,7-8,11-12,15,26H,5-6,9-10H2,1-3H3,(H2,21,22,23). The Morgan fingerprint density at radius 1 is 1.46 bits per heavy atom. The first kappa shape index (κ1) is 18.2. The van der Waals surface area contributed by atoms with Crippen molar-refractivity contribution < 1.29 is 9.50 Å². The highest BCUT2D eigenvalue weighted by Crippen LogP contribution is 2.22. The van der Waals surface area contributed by atoms with Crippen LogP contribution in [0.3, 0.4) is 0 Å². The minimum Gasteiger partial charge on any atom is -0.505 e. The highest BCUT2D eigenvalue weighted by Gasteiger charge is 2.23. The maximum atomic E-state index is 13.4. The molecule has 1 aliphatic carbocycles. The zero-order valence-electron chi connectivity index (χ0n) is 15.5. The molecule has 7 heteroatoms. The summed E-state index contributed by atoms with van der Waals surface area (Å²) in [6.45, 7) is 4.69. The number of nitrogens with one attached hydrogen (secondary N) is 2. The van der Waals surface area contributed by atoms with Gasteiger partial charge in [-0.25, -0.2) is 4.39 Å². The zero-order chi connectivity index (χ0) is 18.7. The number of aromatic hydroxyl groups is 1. The van der Waals surface area contributed by atoms with Gasteiger partial charge < -0.3 is 15.7 Å². The lowest BCUT2D eigenvalue weighted by Gasteiger charge is -2.24. The average molecular weight is 359 g/mol. The van der Waals surface area contributed by atoms with Crippen molar-refractivity contribution in [2.75, 3.05) is 7.05 Å². The SMILES string of the molecule is CN=C(NCc1ccc(O)c(F)c1)NC1CCc2cn(C(C)C)nc2C1. The highest BCUT2D eigenvalue weighted by molar-refractivity contribution is 5.80. The molecule has 6 nitrogen and oxygen atoms in total. The number of aliphatic imine (C=N–C) groups is 1. The van der Waals surface area contributed by atoms with Crippen LogP contribution >= 0.6 is 0 Å². The van der Waals surface area contributed by atoms with Crippen molar-refractivity contribution in [2.24, 2.45) is 4.99 Å². The van der Waals surface area contributed by atoms with Crippen molar-refractivity contribution >= 4 is 5.96 Å². The van der Waals surface area contributed by atoms with E-state index in [0.717, 1.165) is 30.5 Å². The number of guanidine groups is 1. The third-order valence-corrected chi connectivity index (χ3v) is 4.66. The summed E-state index contributed by atoms with van der Waals surface area (Å²) in [6, 6.07) is 4.99. The first-order valence-electron chi connectivity index (χ1n) is 8.97. The quantitative estimate of drug-likeness (QED) is 0.579. The lowest BCUT2D eigenvalue weighted by Crippen LogP contribution is -2.45. The Labute approximate surface area is 153 Å². The molecule has 1 unspecified atom stereocenters. The van der Waals surface area contributed by atoms with Gasteiger partial charge in [-0.2, -0.15) is 5.10 Å². The number of aryl methyl sites for hydroxylation is 1. The summed E-state index contributed by atoms with van der Waals surface area (Å²) < 4.78 is 15.5. The minimum atomic E-state index is -0.618. The van der Waals surface area contributed by atoms with E-state index in [1.54, 1.807) is 13.1 Å². The number of aromatic nitrogens is 2. The minimum absolute atomic E-state index is 0.265. The Bertz CT molecular complexity index is 799. The maximum absolute atomic E-state index is 13.4. The van der Waals surface area contributed by atoms with Crippen molar-refractivity contribution in [3.8, 4) is 5.75 Å². The summed E-state index contributed by atoms with van der Waals surface area (Å²) in [4.78, 5) is 4.25. The predicted molar refractivity (Wildman–Crippen MR) is 99.8 cm³/mol. The van der Waals surface area contributed by atoms with Gasteiger partial charge in [-0.05, 0) is 49.9 Å². The Morgan fingerprint density at radius 2 is 2.27 bits per heavy atom. The number of benzene rings is 1. The predicted octanol–water partition coefficient (Wildman–Crippen LogP) is 2.53. The van der Waals surface area contributed by atoms with Crippen molar-refractivity contribution in [2.45, 2.75) is 51.7 Å². The van der Waals surface area contributed by atoms with Crippen LogP contribution < -0.4 is 10.6 Å². The van der Waals surface area contributed by atoms with Crippen molar-refractivity contribution in [1.29, 1.82) is 0 Å². The number of phenolic OH excluding ortho intramolecular Hbond substituents is 1. The van der Waals surface area contributed by atoms with E-state index in [1.165, 1.54) is 17.7 Å². The van der Waals surface area contributed by atoms with Gasteiger partial charge in [-0.3, -0.25) is 9.67 Å². The molecule has 2 aromatic rings. The first-order chi connectivity index (χ1) is 12.5. The molecule has 0 amide bonds. The van der Waals surface area contributed by atoms with Crippen LogP contribution in [0, 0.1) is 5.82 Å². The van der Waals surface area contributed by atoms with E-state index >= 15 is 0 Å². The van der Waals surface area contributed by atoms with Crippen molar-refractivity contribution in [1.82, 2.24) is 20.4 Å². The van der Waals surface area contributed by atoms with Crippen molar-refractivity contribution in [3.63, 3.8) is 0 Å². The number of nitrogens with zero attached hydrogens (tertiary/aromatic N) is 3. The average Bonchev–Trinajstić information content (AvgIpc) is 3.05. The lowest BCUT2D eigenvalue weighted by molar-refractivity contribution is 0.431. The fourth-order valence-corrected chi connectivity index (χ4v) is 3.13. The van der Waals surface area contributed by atoms with Crippen LogP contribution in [0.15, 0.2) is 29.4 Å². The van der Waals surface area contributed by atoms with E-state index in [1.807, 2.05) is 4.68 Å². The number of rotatable bonds is 4. The summed E-state index contributed by atoms with van der Waals surface area (Å²) in [7, 11) is 1.72. The molecule has 1 heterocycles. The number of phenols is 1. The van der Waals surface area contributed by atoms with Gasteiger partial charge in [0.15, 0.2) is 17.5 Å². The molecule has 0 radical (unpaired) electrons. The fourth-order valence-electron chi connectivity index (χ4n) is 3.13. The molecule has 3 N–H and O–H groups in total.